The van der Waals surface area contributed by atoms with Gasteiger partial charge in [0.05, 0.1) is 35.3 Å². The minimum atomic E-state index is -3.68. The number of hydrogen-bond donors (Lipinski definition) is 1. The molecular formula is C32H34N10O3S. The molecule has 0 bridgehead atoms. The van der Waals surface area contributed by atoms with Crippen LogP contribution >= 0.6 is 0 Å². The first-order valence-electron chi connectivity index (χ1n) is 14.5. The van der Waals surface area contributed by atoms with Crippen molar-refractivity contribution in [1.82, 2.24) is 28.7 Å². The summed E-state index contributed by atoms with van der Waals surface area (Å²) in [6.45, 7) is 4.88. The predicted molar refractivity (Wildman–Crippen MR) is 178 cm³/mol. The van der Waals surface area contributed by atoms with Crippen LogP contribution in [0.25, 0.3) is 27.8 Å². The molecular weight excluding hydrogens is 604 g/mol. The number of nitrogens with zero attached hydrogens (tertiary/aromatic N) is 10. The Kier molecular flexibility index (Phi) is 10.0. The number of rotatable bonds is 10. The van der Waals surface area contributed by atoms with E-state index in [9.17, 15) is 18.8 Å². The van der Waals surface area contributed by atoms with Crippen molar-refractivity contribution in [3.05, 3.63) is 66.5 Å². The van der Waals surface area contributed by atoms with Crippen LogP contribution in [0.4, 0.5) is 5.82 Å². The number of aliphatic hydroxyl groups excluding tert-OH is 1. The Morgan fingerprint density at radius 1 is 1.11 bits per heavy atom. The van der Waals surface area contributed by atoms with Gasteiger partial charge < -0.3 is 10.0 Å². The van der Waals surface area contributed by atoms with Gasteiger partial charge in [0.25, 0.3) is 0 Å². The van der Waals surface area contributed by atoms with E-state index in [0.29, 0.717) is 30.6 Å². The minimum Gasteiger partial charge on any atom is -0.391 e. The van der Waals surface area contributed by atoms with Crippen LogP contribution in [-0.2, 0) is 17.1 Å². The van der Waals surface area contributed by atoms with E-state index in [1.807, 2.05) is 42.5 Å². The lowest BCUT2D eigenvalue weighted by molar-refractivity contribution is 0.200. The normalized spacial score (nSPS) is 15.1. The van der Waals surface area contributed by atoms with Crippen molar-refractivity contribution in [3.8, 4) is 40.2 Å². The fourth-order valence-corrected chi connectivity index (χ4v) is 6.78. The maximum absolute atomic E-state index is 13.0. The van der Waals surface area contributed by atoms with E-state index in [-0.39, 0.29) is 19.5 Å². The summed E-state index contributed by atoms with van der Waals surface area (Å²) in [7, 11) is -0.183. The maximum atomic E-state index is 13.0. The zero-order valence-corrected chi connectivity index (χ0v) is 26.5. The summed E-state index contributed by atoms with van der Waals surface area (Å²) in [5.74, 6) is 6.08. The maximum Gasteiger partial charge on any atom is 0.216 e. The highest BCUT2D eigenvalue weighted by Crippen LogP contribution is 2.32. The van der Waals surface area contributed by atoms with Crippen LogP contribution < -0.4 is 4.90 Å². The van der Waals surface area contributed by atoms with Gasteiger partial charge in [-0.3, -0.25) is 14.7 Å². The van der Waals surface area contributed by atoms with Gasteiger partial charge in [-0.15, -0.1) is 5.92 Å². The van der Waals surface area contributed by atoms with Crippen LogP contribution in [-0.4, -0.2) is 100 Å². The lowest BCUT2D eigenvalue weighted by Crippen LogP contribution is -2.50. The summed E-state index contributed by atoms with van der Waals surface area (Å²) in [4.78, 5) is 14.4. The third-order valence-electron chi connectivity index (χ3n) is 7.50. The Hall–Kier alpha value is -5.15. The van der Waals surface area contributed by atoms with Crippen LogP contribution in [0.1, 0.15) is 18.4 Å². The molecule has 1 fully saturated rings. The molecule has 1 atom stereocenters. The van der Waals surface area contributed by atoms with E-state index in [0.717, 1.165) is 33.6 Å². The molecule has 1 N–H and O–H groups in total. The molecule has 1 aliphatic heterocycles. The van der Waals surface area contributed by atoms with E-state index < -0.39 is 21.9 Å². The number of aliphatic hydroxyl groups is 1. The summed E-state index contributed by atoms with van der Waals surface area (Å²) in [6, 6.07) is 8.07. The van der Waals surface area contributed by atoms with Crippen molar-refractivity contribution < 1.29 is 13.5 Å². The molecule has 14 heteroatoms. The van der Waals surface area contributed by atoms with E-state index >= 15 is 0 Å². The monoisotopic (exact) mass is 638 g/mol. The third-order valence-corrected chi connectivity index (χ3v) is 9.45. The molecule has 1 unspecified atom stereocenters. The molecule has 5 heterocycles. The lowest BCUT2D eigenvalue weighted by atomic mass is 10.0. The van der Waals surface area contributed by atoms with Crippen molar-refractivity contribution >= 4 is 34.3 Å². The van der Waals surface area contributed by atoms with Crippen molar-refractivity contribution in [2.75, 3.05) is 43.9 Å². The third kappa shape index (κ3) is 7.38. The molecule has 46 heavy (non-hydrogen) atoms. The van der Waals surface area contributed by atoms with E-state index in [1.54, 1.807) is 47.2 Å². The van der Waals surface area contributed by atoms with E-state index in [2.05, 4.69) is 44.8 Å². The fraction of sp³-hybridized carbons (Fsp3) is 0.312. The Morgan fingerprint density at radius 2 is 1.91 bits per heavy atom. The Balaban J connectivity index is 1.23. The number of allylic oxidation sites excluding steroid dienone is 1. The second-order valence-electron chi connectivity index (χ2n) is 10.7. The molecule has 0 spiro atoms. The smallest absolute Gasteiger partial charge is 0.216 e. The van der Waals surface area contributed by atoms with Crippen LogP contribution in [0.3, 0.4) is 0 Å². The SMILES string of the molecule is C=N/C=C(\C=NC)CC#CCC(O)CS(=O)(=O)N1CCN(c2ccc(-c3cc(-c4cnn(C)c4)cn4ncc(C#N)c34)cn2)CC1. The number of pyridine rings is 2. The number of aryl methyl sites for hydroxylation is 1. The van der Waals surface area contributed by atoms with Crippen molar-refractivity contribution in [2.45, 2.75) is 18.9 Å². The molecule has 4 aromatic rings. The average Bonchev–Trinajstić information content (AvgIpc) is 3.69. The summed E-state index contributed by atoms with van der Waals surface area (Å²) in [5.41, 5.74) is 5.37. The Bertz CT molecular complexity index is 1980. The fourth-order valence-electron chi connectivity index (χ4n) is 5.25. The quantitative estimate of drug-likeness (QED) is 0.205. The number of aliphatic imine (C=N–C) groups is 2. The second kappa shape index (κ2) is 14.3. The summed E-state index contributed by atoms with van der Waals surface area (Å²) < 4.78 is 30.9. The van der Waals surface area contributed by atoms with Crippen molar-refractivity contribution in [2.24, 2.45) is 17.0 Å². The molecule has 1 saturated heterocycles. The first kappa shape index (κ1) is 32.2. The number of anilines is 1. The van der Waals surface area contributed by atoms with Crippen molar-refractivity contribution in [3.63, 3.8) is 0 Å². The van der Waals surface area contributed by atoms with Gasteiger partial charge in [0.15, 0.2) is 0 Å². The zero-order valence-electron chi connectivity index (χ0n) is 25.7. The standard InChI is InChI=1S/C32H34N10O3S/c1-34-16-24(17-35-2)6-4-5-7-29(43)23-46(44,45)41-12-10-40(11-13-41)31-9-8-25(18-36-31)30-14-26(28-20-37-39(3)21-28)22-42-32(30)27(15-33)19-38-42/h8-9,14,16-22,29,43H,1,6-7,10-13,23H2,2-3H3/b24-16-,35-17?. The van der Waals surface area contributed by atoms with Crippen LogP contribution in [0.15, 0.2) is 70.9 Å². The first-order chi connectivity index (χ1) is 22.2. The Labute approximate surface area is 267 Å². The Morgan fingerprint density at radius 3 is 2.57 bits per heavy atom. The summed E-state index contributed by atoms with van der Waals surface area (Å²) >= 11 is 0. The van der Waals surface area contributed by atoms with Crippen LogP contribution in [0.5, 0.6) is 0 Å². The summed E-state index contributed by atoms with van der Waals surface area (Å²) in [5, 5.41) is 28.8. The molecule has 0 saturated carbocycles. The molecule has 1 aliphatic rings. The van der Waals surface area contributed by atoms with Gasteiger partial charge in [0.1, 0.15) is 11.9 Å². The van der Waals surface area contributed by atoms with Gasteiger partial charge in [0.2, 0.25) is 10.0 Å². The highest BCUT2D eigenvalue weighted by Gasteiger charge is 2.29. The molecule has 0 amide bonds. The predicted octanol–water partition coefficient (Wildman–Crippen LogP) is 2.55. The highest BCUT2D eigenvalue weighted by atomic mass is 32.2. The van der Waals surface area contributed by atoms with Gasteiger partial charge >= 0.3 is 0 Å². The second-order valence-corrected chi connectivity index (χ2v) is 12.8. The number of piperazine rings is 1. The molecule has 0 aliphatic carbocycles. The lowest BCUT2D eigenvalue weighted by Gasteiger charge is -2.35. The van der Waals surface area contributed by atoms with E-state index in [1.165, 1.54) is 4.31 Å². The zero-order chi connectivity index (χ0) is 32.7. The molecule has 236 valence electrons. The number of hydrogen-bond acceptors (Lipinski definition) is 10. The van der Waals surface area contributed by atoms with Gasteiger partial charge in [-0.2, -0.15) is 19.8 Å². The van der Waals surface area contributed by atoms with Crippen LogP contribution in [0.2, 0.25) is 0 Å². The highest BCUT2D eigenvalue weighted by molar-refractivity contribution is 7.89. The number of fused-ring (bicyclic) bond motifs is 1. The number of nitriles is 1. The molecule has 5 rings (SSSR count). The minimum absolute atomic E-state index is 0.0418. The van der Waals surface area contributed by atoms with Crippen molar-refractivity contribution in [1.29, 1.82) is 5.26 Å². The molecule has 13 nitrogen and oxygen atoms in total. The molecule has 0 aromatic carbocycles. The topological polar surface area (TPSA) is 157 Å². The van der Waals surface area contributed by atoms with E-state index in [4.69, 9.17) is 4.98 Å². The largest absolute Gasteiger partial charge is 0.391 e. The van der Waals surface area contributed by atoms with Gasteiger partial charge in [-0.25, -0.2) is 17.9 Å². The average molecular weight is 639 g/mol. The van der Waals surface area contributed by atoms with Gasteiger partial charge in [0, 0.05) is 112 Å². The van der Waals surface area contributed by atoms with Gasteiger partial charge in [-0.05, 0) is 24.9 Å². The number of aromatic nitrogens is 5. The first-order valence-corrected chi connectivity index (χ1v) is 16.1. The number of sulfonamides is 1. The van der Waals surface area contributed by atoms with Gasteiger partial charge in [-0.1, -0.05) is 5.92 Å². The molecule has 4 aromatic heterocycles. The van der Waals surface area contributed by atoms with Crippen LogP contribution in [0, 0.1) is 23.2 Å². The summed E-state index contributed by atoms with van der Waals surface area (Å²) in [6.07, 6.45) is 11.4. The molecule has 0 radical (unpaired) electrons.